The Morgan fingerprint density at radius 2 is 2.00 bits per heavy atom. The lowest BCUT2D eigenvalue weighted by molar-refractivity contribution is -0.116. The highest BCUT2D eigenvalue weighted by molar-refractivity contribution is 5.92. The van der Waals surface area contributed by atoms with E-state index in [4.69, 9.17) is 13.9 Å². The summed E-state index contributed by atoms with van der Waals surface area (Å²) >= 11 is 0. The van der Waals surface area contributed by atoms with E-state index in [-0.39, 0.29) is 12.7 Å². The molecule has 3 aromatic rings. The summed E-state index contributed by atoms with van der Waals surface area (Å²) < 4.78 is 15.5. The molecule has 7 heteroatoms. The highest BCUT2D eigenvalue weighted by Crippen LogP contribution is 2.32. The minimum Gasteiger partial charge on any atom is -0.454 e. The number of rotatable bonds is 4. The lowest BCUT2D eigenvalue weighted by Gasteiger charge is -2.06. The lowest BCUT2D eigenvalue weighted by atomic mass is 10.1. The molecule has 0 unspecified atom stereocenters. The molecule has 122 valence electrons. The molecule has 4 rings (SSSR count). The number of hydrogen-bond acceptors (Lipinski definition) is 5. The number of oxazole rings is 1. The summed E-state index contributed by atoms with van der Waals surface area (Å²) in [5, 5.41) is 2.81. The summed E-state index contributed by atoms with van der Waals surface area (Å²) in [6.45, 7) is 0.234. The largest absolute Gasteiger partial charge is 0.454 e. The van der Waals surface area contributed by atoms with Crippen LogP contribution in [0.15, 0.2) is 45.6 Å². The second kappa shape index (κ2) is 5.77. The van der Waals surface area contributed by atoms with Gasteiger partial charge in [-0.25, -0.2) is 4.79 Å². The number of benzene rings is 2. The summed E-state index contributed by atoms with van der Waals surface area (Å²) in [7, 11) is 0. The van der Waals surface area contributed by atoms with Crippen LogP contribution in [0.25, 0.3) is 11.1 Å². The van der Waals surface area contributed by atoms with Gasteiger partial charge in [-0.05, 0) is 42.3 Å². The lowest BCUT2D eigenvalue weighted by Crippen LogP contribution is -2.12. The molecule has 1 aromatic heterocycles. The Balaban J connectivity index is 1.39. The van der Waals surface area contributed by atoms with Gasteiger partial charge in [-0.3, -0.25) is 9.78 Å². The van der Waals surface area contributed by atoms with Gasteiger partial charge >= 0.3 is 5.76 Å². The third-order valence-corrected chi connectivity index (χ3v) is 3.78. The Bertz CT molecular complexity index is 973. The maximum absolute atomic E-state index is 12.1. The molecule has 2 N–H and O–H groups in total. The number of amides is 1. The van der Waals surface area contributed by atoms with Crippen LogP contribution >= 0.6 is 0 Å². The number of aromatic nitrogens is 1. The Morgan fingerprint density at radius 1 is 1.12 bits per heavy atom. The molecule has 24 heavy (non-hydrogen) atoms. The molecular formula is C17H14N2O5. The summed E-state index contributed by atoms with van der Waals surface area (Å²) in [6, 6.07) is 10.6. The third-order valence-electron chi connectivity index (χ3n) is 3.78. The van der Waals surface area contributed by atoms with Crippen LogP contribution < -0.4 is 20.5 Å². The van der Waals surface area contributed by atoms with E-state index in [9.17, 15) is 9.59 Å². The van der Waals surface area contributed by atoms with Crippen LogP contribution in [0.3, 0.4) is 0 Å². The Kier molecular flexibility index (Phi) is 3.45. The minimum absolute atomic E-state index is 0.113. The summed E-state index contributed by atoms with van der Waals surface area (Å²) in [5.74, 6) is 0.807. The summed E-state index contributed by atoms with van der Waals surface area (Å²) in [6.07, 6.45) is 0.923. The molecule has 0 atom stereocenters. The fourth-order valence-electron chi connectivity index (χ4n) is 2.61. The predicted octanol–water partition coefficient (Wildman–Crippen LogP) is 2.42. The van der Waals surface area contributed by atoms with Crippen molar-refractivity contribution in [1.82, 2.24) is 4.98 Å². The van der Waals surface area contributed by atoms with Crippen LogP contribution in [0.5, 0.6) is 11.5 Å². The number of aryl methyl sites for hydroxylation is 1. The summed E-state index contributed by atoms with van der Waals surface area (Å²) in [5.41, 5.74) is 2.62. The number of nitrogens with one attached hydrogen (secondary N) is 2. The van der Waals surface area contributed by atoms with Gasteiger partial charge in [0.1, 0.15) is 0 Å². The topological polar surface area (TPSA) is 93.6 Å². The Hall–Kier alpha value is -3.22. The van der Waals surface area contributed by atoms with Crippen molar-refractivity contribution < 1.29 is 18.7 Å². The monoisotopic (exact) mass is 326 g/mol. The van der Waals surface area contributed by atoms with Crippen LogP contribution in [-0.2, 0) is 11.2 Å². The SMILES string of the molecule is O=C(CCc1ccc2c(c1)OCO2)Nc1ccc2oc(=O)[nH]c2c1. The van der Waals surface area contributed by atoms with Gasteiger partial charge in [-0.2, -0.15) is 0 Å². The average Bonchev–Trinajstić information content (AvgIpc) is 3.17. The quantitative estimate of drug-likeness (QED) is 0.768. The van der Waals surface area contributed by atoms with Crippen molar-refractivity contribution in [3.8, 4) is 11.5 Å². The van der Waals surface area contributed by atoms with Gasteiger partial charge < -0.3 is 19.2 Å². The minimum atomic E-state index is -0.517. The third kappa shape index (κ3) is 2.83. The number of ether oxygens (including phenoxy) is 2. The van der Waals surface area contributed by atoms with Crippen molar-refractivity contribution in [3.63, 3.8) is 0 Å². The fourth-order valence-corrected chi connectivity index (χ4v) is 2.61. The number of hydrogen-bond donors (Lipinski definition) is 2. The molecule has 0 bridgehead atoms. The van der Waals surface area contributed by atoms with Gasteiger partial charge in [0.2, 0.25) is 12.7 Å². The summed E-state index contributed by atoms with van der Waals surface area (Å²) in [4.78, 5) is 25.8. The molecule has 0 radical (unpaired) electrons. The zero-order valence-electron chi connectivity index (χ0n) is 12.6. The zero-order chi connectivity index (χ0) is 16.5. The first kappa shape index (κ1) is 14.4. The molecule has 1 aliphatic rings. The van der Waals surface area contributed by atoms with Crippen LogP contribution in [-0.4, -0.2) is 17.7 Å². The first-order valence-electron chi connectivity index (χ1n) is 7.49. The van der Waals surface area contributed by atoms with E-state index in [2.05, 4.69) is 10.3 Å². The number of carbonyl (C=O) groups excluding carboxylic acids is 1. The second-order valence-corrected chi connectivity index (χ2v) is 5.46. The second-order valence-electron chi connectivity index (χ2n) is 5.46. The number of aromatic amines is 1. The molecular weight excluding hydrogens is 312 g/mol. The van der Waals surface area contributed by atoms with E-state index in [1.165, 1.54) is 0 Å². The predicted molar refractivity (Wildman–Crippen MR) is 86.4 cm³/mol. The maximum Gasteiger partial charge on any atom is 0.417 e. The number of anilines is 1. The molecule has 1 amide bonds. The van der Waals surface area contributed by atoms with E-state index in [1.807, 2.05) is 18.2 Å². The molecule has 2 aromatic carbocycles. The van der Waals surface area contributed by atoms with Gasteiger partial charge in [0.25, 0.3) is 0 Å². The van der Waals surface area contributed by atoms with Crippen molar-refractivity contribution in [2.24, 2.45) is 0 Å². The molecule has 0 saturated heterocycles. The smallest absolute Gasteiger partial charge is 0.417 e. The first-order chi connectivity index (χ1) is 11.7. The van der Waals surface area contributed by atoms with Crippen LogP contribution in [0, 0.1) is 0 Å². The zero-order valence-corrected chi connectivity index (χ0v) is 12.6. The van der Waals surface area contributed by atoms with Crippen molar-refractivity contribution >= 4 is 22.7 Å². The van der Waals surface area contributed by atoms with Crippen molar-refractivity contribution in [1.29, 1.82) is 0 Å². The molecule has 0 fully saturated rings. The van der Waals surface area contributed by atoms with E-state index < -0.39 is 5.76 Å². The molecule has 0 saturated carbocycles. The first-order valence-corrected chi connectivity index (χ1v) is 7.49. The number of H-pyrrole nitrogens is 1. The van der Waals surface area contributed by atoms with E-state index >= 15 is 0 Å². The van der Waals surface area contributed by atoms with Crippen LogP contribution in [0.2, 0.25) is 0 Å². The highest BCUT2D eigenvalue weighted by Gasteiger charge is 2.13. The van der Waals surface area contributed by atoms with E-state index in [0.717, 1.165) is 11.3 Å². The Morgan fingerprint density at radius 3 is 2.92 bits per heavy atom. The van der Waals surface area contributed by atoms with Gasteiger partial charge in [0.05, 0.1) is 5.52 Å². The number of fused-ring (bicyclic) bond motifs is 2. The molecule has 0 aliphatic carbocycles. The van der Waals surface area contributed by atoms with E-state index in [1.54, 1.807) is 18.2 Å². The molecule has 1 aliphatic heterocycles. The normalized spacial score (nSPS) is 12.5. The van der Waals surface area contributed by atoms with Crippen molar-refractivity contribution in [3.05, 3.63) is 52.5 Å². The molecule has 0 spiro atoms. The average molecular weight is 326 g/mol. The van der Waals surface area contributed by atoms with Gasteiger partial charge in [0.15, 0.2) is 17.1 Å². The molecule has 7 nitrogen and oxygen atoms in total. The van der Waals surface area contributed by atoms with Crippen LogP contribution in [0.4, 0.5) is 5.69 Å². The molecule has 2 heterocycles. The van der Waals surface area contributed by atoms with E-state index in [0.29, 0.717) is 35.4 Å². The van der Waals surface area contributed by atoms with Crippen molar-refractivity contribution in [2.45, 2.75) is 12.8 Å². The van der Waals surface area contributed by atoms with Gasteiger partial charge in [0, 0.05) is 12.1 Å². The maximum atomic E-state index is 12.1. The fraction of sp³-hybridized carbons (Fsp3) is 0.176. The van der Waals surface area contributed by atoms with Crippen molar-refractivity contribution in [2.75, 3.05) is 12.1 Å². The van der Waals surface area contributed by atoms with Gasteiger partial charge in [-0.15, -0.1) is 0 Å². The standard InChI is InChI=1S/C17H14N2O5/c20-16(6-2-10-1-4-14-15(7-10)23-9-22-14)18-11-3-5-13-12(8-11)19-17(21)24-13/h1,3-5,7-8H,2,6,9H2,(H,18,20)(H,19,21). The van der Waals surface area contributed by atoms with Crippen LogP contribution in [0.1, 0.15) is 12.0 Å². The number of carbonyl (C=O) groups is 1. The van der Waals surface area contributed by atoms with Gasteiger partial charge in [-0.1, -0.05) is 6.07 Å². The highest BCUT2D eigenvalue weighted by atomic mass is 16.7. The Labute approximate surface area is 136 Å².